The second kappa shape index (κ2) is 46.4. The number of amides is 1. The predicted molar refractivity (Wildman–Crippen MR) is 252 cm³/mol. The average molecular weight is 807 g/mol. The third-order valence-corrected chi connectivity index (χ3v) is 12.6. The van der Waals surface area contributed by atoms with Gasteiger partial charge in [-0.15, -0.1) is 0 Å². The fourth-order valence-electron chi connectivity index (χ4n) is 8.56. The standard InChI is InChI=1S/C52H106N2O3/c1-4-7-10-13-16-19-22-25-27-28-29-30-33-36-39-42-45-48-51(55)54-50(47-44-41-38-35-32-24-21-18-15-12-9-6-3)52(56,57)53-49-46-43-40-37-34-31-26-23-20-17-14-11-8-5-2/h50,53,56-57H,4-49H2,1-3H3,(H,54,55). The van der Waals surface area contributed by atoms with E-state index < -0.39 is 12.0 Å². The fraction of sp³-hybridized carbons (Fsp3) is 0.981. The van der Waals surface area contributed by atoms with Crippen molar-refractivity contribution < 1.29 is 15.0 Å². The Kier molecular flexibility index (Phi) is 45.9. The summed E-state index contributed by atoms with van der Waals surface area (Å²) in [5.74, 6) is -2.11. The molecule has 0 aromatic carbocycles. The highest BCUT2D eigenvalue weighted by Crippen LogP contribution is 2.19. The van der Waals surface area contributed by atoms with Crippen LogP contribution in [-0.4, -0.2) is 34.6 Å². The molecule has 1 atom stereocenters. The van der Waals surface area contributed by atoms with Gasteiger partial charge in [0.2, 0.25) is 11.8 Å². The van der Waals surface area contributed by atoms with Gasteiger partial charge in [0, 0.05) is 13.0 Å². The van der Waals surface area contributed by atoms with Gasteiger partial charge in [0.25, 0.3) is 0 Å². The Morgan fingerprint density at radius 1 is 0.368 bits per heavy atom. The summed E-state index contributed by atoms with van der Waals surface area (Å²) in [6.45, 7) is 7.41. The molecule has 5 nitrogen and oxygen atoms in total. The molecule has 0 rings (SSSR count). The zero-order chi connectivity index (χ0) is 41.6. The molecule has 0 bridgehead atoms. The lowest BCUT2D eigenvalue weighted by Crippen LogP contribution is -2.61. The van der Waals surface area contributed by atoms with E-state index in [2.05, 4.69) is 31.4 Å². The van der Waals surface area contributed by atoms with Crippen molar-refractivity contribution in [2.45, 2.75) is 322 Å². The van der Waals surface area contributed by atoms with Crippen LogP contribution >= 0.6 is 0 Å². The van der Waals surface area contributed by atoms with Crippen molar-refractivity contribution in [2.75, 3.05) is 6.54 Å². The molecule has 0 fully saturated rings. The van der Waals surface area contributed by atoms with E-state index in [0.29, 0.717) is 19.4 Å². The lowest BCUT2D eigenvalue weighted by molar-refractivity contribution is -0.209. The van der Waals surface area contributed by atoms with E-state index in [9.17, 15) is 15.0 Å². The number of carbonyl (C=O) groups excluding carboxylic acids is 1. The quantitative estimate of drug-likeness (QED) is 0.0365. The van der Waals surface area contributed by atoms with Crippen LogP contribution in [0.1, 0.15) is 310 Å². The predicted octanol–water partition coefficient (Wildman–Crippen LogP) is 16.3. The van der Waals surface area contributed by atoms with Crippen LogP contribution in [-0.2, 0) is 4.79 Å². The van der Waals surface area contributed by atoms with Crippen LogP contribution in [0, 0.1) is 0 Å². The zero-order valence-corrected chi connectivity index (χ0v) is 39.4. The number of aliphatic hydroxyl groups is 2. The summed E-state index contributed by atoms with van der Waals surface area (Å²) in [5, 5.41) is 28.4. The van der Waals surface area contributed by atoms with Crippen LogP contribution in [0.3, 0.4) is 0 Å². The maximum absolute atomic E-state index is 13.0. The van der Waals surface area contributed by atoms with Crippen molar-refractivity contribution in [1.82, 2.24) is 10.6 Å². The van der Waals surface area contributed by atoms with Gasteiger partial charge in [0.1, 0.15) is 0 Å². The molecule has 57 heavy (non-hydrogen) atoms. The molecule has 0 aromatic heterocycles. The molecule has 0 aromatic rings. The fourth-order valence-corrected chi connectivity index (χ4v) is 8.56. The molecule has 5 heteroatoms. The highest BCUT2D eigenvalue weighted by molar-refractivity contribution is 5.76. The minimum atomic E-state index is -2.07. The van der Waals surface area contributed by atoms with E-state index in [1.807, 2.05) is 0 Å². The number of carbonyl (C=O) groups is 1. The number of hydrogen-bond donors (Lipinski definition) is 4. The topological polar surface area (TPSA) is 81.6 Å². The Bertz CT molecular complexity index is 774. The third-order valence-electron chi connectivity index (χ3n) is 12.6. The number of nitrogens with one attached hydrogen (secondary N) is 2. The van der Waals surface area contributed by atoms with Gasteiger partial charge in [-0.3, -0.25) is 10.1 Å². The molecule has 0 heterocycles. The van der Waals surface area contributed by atoms with Crippen molar-refractivity contribution in [2.24, 2.45) is 0 Å². The Hall–Kier alpha value is -0.650. The summed E-state index contributed by atoms with van der Waals surface area (Å²) in [6.07, 6.45) is 57.2. The third kappa shape index (κ3) is 43.3. The lowest BCUT2D eigenvalue weighted by Gasteiger charge is -2.33. The van der Waals surface area contributed by atoms with Gasteiger partial charge in [0.15, 0.2) is 0 Å². The first-order valence-corrected chi connectivity index (χ1v) is 26.5. The molecule has 0 saturated carbocycles. The monoisotopic (exact) mass is 807 g/mol. The zero-order valence-electron chi connectivity index (χ0n) is 39.4. The second-order valence-electron chi connectivity index (χ2n) is 18.5. The molecule has 1 unspecified atom stereocenters. The van der Waals surface area contributed by atoms with Crippen LogP contribution in [0.5, 0.6) is 0 Å². The molecule has 0 aliphatic carbocycles. The Morgan fingerprint density at radius 3 is 0.912 bits per heavy atom. The molecular weight excluding hydrogens is 701 g/mol. The van der Waals surface area contributed by atoms with Crippen LogP contribution in [0.2, 0.25) is 0 Å². The van der Waals surface area contributed by atoms with E-state index >= 15 is 0 Å². The van der Waals surface area contributed by atoms with Gasteiger partial charge in [-0.2, -0.15) is 0 Å². The molecular formula is C52H106N2O3. The molecule has 0 saturated heterocycles. The van der Waals surface area contributed by atoms with E-state index in [1.54, 1.807) is 0 Å². The van der Waals surface area contributed by atoms with Crippen molar-refractivity contribution in [3.05, 3.63) is 0 Å². The lowest BCUT2D eigenvalue weighted by atomic mass is 10.0. The SMILES string of the molecule is CCCCCCCCCCCCCCCCCCCC(=O)NC(CCCCCCCCCCCCCC)C(O)(O)NCCCCCCCCCCCCCCCC. The van der Waals surface area contributed by atoms with Crippen molar-refractivity contribution >= 4 is 5.91 Å². The Morgan fingerprint density at radius 2 is 0.614 bits per heavy atom. The van der Waals surface area contributed by atoms with E-state index in [1.165, 1.54) is 238 Å². The van der Waals surface area contributed by atoms with E-state index in [-0.39, 0.29) is 5.91 Å². The minimum Gasteiger partial charge on any atom is -0.352 e. The van der Waals surface area contributed by atoms with Crippen molar-refractivity contribution in [3.63, 3.8) is 0 Å². The van der Waals surface area contributed by atoms with Crippen molar-refractivity contribution in [1.29, 1.82) is 0 Å². The van der Waals surface area contributed by atoms with Crippen LogP contribution < -0.4 is 10.6 Å². The van der Waals surface area contributed by atoms with Gasteiger partial charge in [-0.25, -0.2) is 0 Å². The number of rotatable bonds is 49. The molecule has 0 aliphatic heterocycles. The first-order valence-electron chi connectivity index (χ1n) is 26.5. The molecule has 1 amide bonds. The normalized spacial score (nSPS) is 12.4. The smallest absolute Gasteiger partial charge is 0.243 e. The van der Waals surface area contributed by atoms with Gasteiger partial charge in [-0.05, 0) is 19.3 Å². The summed E-state index contributed by atoms with van der Waals surface area (Å²) < 4.78 is 0. The maximum Gasteiger partial charge on any atom is 0.243 e. The summed E-state index contributed by atoms with van der Waals surface area (Å²) in [6, 6.07) is -0.675. The van der Waals surface area contributed by atoms with Gasteiger partial charge < -0.3 is 15.5 Å². The van der Waals surface area contributed by atoms with Crippen LogP contribution in [0.25, 0.3) is 0 Å². The van der Waals surface area contributed by atoms with Gasteiger partial charge in [-0.1, -0.05) is 284 Å². The Labute approximate surface area is 358 Å². The van der Waals surface area contributed by atoms with E-state index in [4.69, 9.17) is 0 Å². The Balaban J connectivity index is 4.28. The molecule has 342 valence electrons. The largest absolute Gasteiger partial charge is 0.352 e. The summed E-state index contributed by atoms with van der Waals surface area (Å²) >= 11 is 0. The molecule has 0 radical (unpaired) electrons. The molecule has 0 aliphatic rings. The van der Waals surface area contributed by atoms with Crippen LogP contribution in [0.15, 0.2) is 0 Å². The van der Waals surface area contributed by atoms with Crippen LogP contribution in [0.4, 0.5) is 0 Å². The molecule has 4 N–H and O–H groups in total. The van der Waals surface area contributed by atoms with Gasteiger partial charge >= 0.3 is 0 Å². The summed E-state index contributed by atoms with van der Waals surface area (Å²) in [7, 11) is 0. The first kappa shape index (κ1) is 56.4. The number of hydrogen-bond acceptors (Lipinski definition) is 4. The summed E-state index contributed by atoms with van der Waals surface area (Å²) in [4.78, 5) is 13.0. The van der Waals surface area contributed by atoms with Crippen molar-refractivity contribution in [3.8, 4) is 0 Å². The second-order valence-corrected chi connectivity index (χ2v) is 18.5. The highest BCUT2D eigenvalue weighted by atomic mass is 16.5. The highest BCUT2D eigenvalue weighted by Gasteiger charge is 2.34. The molecule has 0 spiro atoms. The summed E-state index contributed by atoms with van der Waals surface area (Å²) in [5.41, 5.74) is 0. The number of unbranched alkanes of at least 4 members (excludes halogenated alkanes) is 40. The maximum atomic E-state index is 13.0. The van der Waals surface area contributed by atoms with E-state index in [0.717, 1.165) is 38.5 Å². The average Bonchev–Trinajstić information content (AvgIpc) is 3.20. The van der Waals surface area contributed by atoms with Gasteiger partial charge in [0.05, 0.1) is 6.04 Å². The first-order chi connectivity index (χ1) is 28.0. The minimum absolute atomic E-state index is 0.0364.